The van der Waals surface area contributed by atoms with Crippen molar-refractivity contribution < 1.29 is 0 Å². The van der Waals surface area contributed by atoms with Gasteiger partial charge in [-0.1, -0.05) is 0 Å². The van der Waals surface area contributed by atoms with E-state index in [2.05, 4.69) is 9.80 Å². The zero-order valence-corrected chi connectivity index (χ0v) is 11.0. The minimum Gasteiger partial charge on any atom is -0.330 e. The third-order valence-electron chi connectivity index (χ3n) is 5.31. The third kappa shape index (κ3) is 2.51. The molecule has 4 aliphatic heterocycles. The molecule has 4 heterocycles. The van der Waals surface area contributed by atoms with Crippen LogP contribution in [0.1, 0.15) is 32.1 Å². The first kappa shape index (κ1) is 11.9. The molecule has 4 fully saturated rings. The van der Waals surface area contributed by atoms with Gasteiger partial charge in [0.05, 0.1) is 0 Å². The number of likely N-dealkylation sites (tertiary alicyclic amines) is 1. The zero-order chi connectivity index (χ0) is 11.7. The Hall–Kier alpha value is -0.120. The van der Waals surface area contributed by atoms with Crippen molar-refractivity contribution in [2.75, 3.05) is 39.3 Å². The molecule has 98 valence electrons. The molecule has 0 amide bonds. The Balaban J connectivity index is 1.53. The van der Waals surface area contributed by atoms with E-state index >= 15 is 0 Å². The van der Waals surface area contributed by atoms with Crippen LogP contribution in [0.25, 0.3) is 0 Å². The molecule has 0 aromatic carbocycles. The van der Waals surface area contributed by atoms with E-state index in [0.717, 1.165) is 24.4 Å². The lowest BCUT2D eigenvalue weighted by molar-refractivity contribution is -0.00907. The first-order valence-electron chi connectivity index (χ1n) is 7.53. The summed E-state index contributed by atoms with van der Waals surface area (Å²) in [5.41, 5.74) is 5.67. The van der Waals surface area contributed by atoms with Crippen LogP contribution in [0.2, 0.25) is 0 Å². The van der Waals surface area contributed by atoms with Crippen LogP contribution >= 0.6 is 0 Å². The lowest BCUT2D eigenvalue weighted by Crippen LogP contribution is -2.58. The minimum atomic E-state index is 0.879. The number of hydrogen-bond acceptors (Lipinski definition) is 3. The topological polar surface area (TPSA) is 32.5 Å². The van der Waals surface area contributed by atoms with Gasteiger partial charge >= 0.3 is 0 Å². The standard InChI is InChI=1S/C14H27N3/c15-6-1-12-2-9-17(10-3-12)14-11-16-7-4-13(14)5-8-16/h12-14H,1-11,15H2. The van der Waals surface area contributed by atoms with E-state index in [1.807, 2.05) is 0 Å². The first-order chi connectivity index (χ1) is 8.36. The van der Waals surface area contributed by atoms with Crippen molar-refractivity contribution in [3.8, 4) is 0 Å². The summed E-state index contributed by atoms with van der Waals surface area (Å²) in [6.07, 6.45) is 6.93. The Morgan fingerprint density at radius 2 is 1.65 bits per heavy atom. The molecule has 3 nitrogen and oxygen atoms in total. The van der Waals surface area contributed by atoms with Gasteiger partial charge in [0.2, 0.25) is 0 Å². The Kier molecular flexibility index (Phi) is 3.69. The summed E-state index contributed by atoms with van der Waals surface area (Å²) >= 11 is 0. The lowest BCUT2D eigenvalue weighted by atomic mass is 9.81. The maximum Gasteiger partial charge on any atom is 0.0252 e. The fraction of sp³-hybridized carbons (Fsp3) is 1.00. The molecule has 17 heavy (non-hydrogen) atoms. The fourth-order valence-electron chi connectivity index (χ4n) is 4.16. The summed E-state index contributed by atoms with van der Waals surface area (Å²) in [5, 5.41) is 0. The molecule has 4 rings (SSSR count). The molecule has 0 saturated carbocycles. The second-order valence-corrected chi connectivity index (χ2v) is 6.26. The van der Waals surface area contributed by atoms with E-state index in [1.54, 1.807) is 0 Å². The van der Waals surface area contributed by atoms with Gasteiger partial charge in [0.15, 0.2) is 0 Å². The van der Waals surface area contributed by atoms with Crippen LogP contribution in [0.4, 0.5) is 0 Å². The molecule has 0 aromatic heterocycles. The van der Waals surface area contributed by atoms with Crippen molar-refractivity contribution in [1.29, 1.82) is 0 Å². The van der Waals surface area contributed by atoms with Crippen molar-refractivity contribution in [1.82, 2.24) is 9.80 Å². The van der Waals surface area contributed by atoms with Gasteiger partial charge in [-0.3, -0.25) is 4.90 Å². The normalized spacial score (nSPS) is 39.7. The molecule has 4 saturated heterocycles. The predicted molar refractivity (Wildman–Crippen MR) is 70.9 cm³/mol. The van der Waals surface area contributed by atoms with Crippen molar-refractivity contribution in [3.63, 3.8) is 0 Å². The number of rotatable bonds is 3. The predicted octanol–water partition coefficient (Wildman–Crippen LogP) is 1.14. The van der Waals surface area contributed by atoms with Crippen LogP contribution in [0.5, 0.6) is 0 Å². The quantitative estimate of drug-likeness (QED) is 0.799. The van der Waals surface area contributed by atoms with Crippen LogP contribution in [0.3, 0.4) is 0 Å². The van der Waals surface area contributed by atoms with Gasteiger partial charge in [-0.15, -0.1) is 0 Å². The van der Waals surface area contributed by atoms with Crippen LogP contribution in [0, 0.1) is 11.8 Å². The summed E-state index contributed by atoms with van der Waals surface area (Å²) in [5.74, 6) is 1.92. The lowest BCUT2D eigenvalue weighted by Gasteiger charge is -2.50. The van der Waals surface area contributed by atoms with E-state index in [1.165, 1.54) is 64.8 Å². The van der Waals surface area contributed by atoms with Gasteiger partial charge < -0.3 is 10.6 Å². The van der Waals surface area contributed by atoms with Gasteiger partial charge in [0.25, 0.3) is 0 Å². The maximum absolute atomic E-state index is 5.67. The van der Waals surface area contributed by atoms with Crippen LogP contribution < -0.4 is 5.73 Å². The summed E-state index contributed by atoms with van der Waals surface area (Å²) in [6.45, 7) is 7.63. The van der Waals surface area contributed by atoms with Crippen LogP contribution in [-0.4, -0.2) is 55.1 Å². The Morgan fingerprint density at radius 1 is 0.941 bits per heavy atom. The van der Waals surface area contributed by atoms with E-state index in [4.69, 9.17) is 5.73 Å². The second kappa shape index (κ2) is 5.25. The molecule has 0 aliphatic carbocycles. The number of nitrogens with two attached hydrogens (primary N) is 1. The summed E-state index contributed by atoms with van der Waals surface area (Å²) in [6, 6.07) is 0.885. The molecule has 1 unspecified atom stereocenters. The molecule has 4 aliphatic rings. The molecule has 2 N–H and O–H groups in total. The van der Waals surface area contributed by atoms with Gasteiger partial charge in [0, 0.05) is 12.6 Å². The summed E-state index contributed by atoms with van der Waals surface area (Å²) in [7, 11) is 0. The zero-order valence-electron chi connectivity index (χ0n) is 11.0. The summed E-state index contributed by atoms with van der Waals surface area (Å²) < 4.78 is 0. The molecule has 0 aromatic rings. The van der Waals surface area contributed by atoms with Crippen molar-refractivity contribution in [2.45, 2.75) is 38.1 Å². The Bertz CT molecular complexity index is 240. The van der Waals surface area contributed by atoms with Crippen LogP contribution in [-0.2, 0) is 0 Å². The third-order valence-corrected chi connectivity index (χ3v) is 5.31. The first-order valence-corrected chi connectivity index (χ1v) is 7.53. The number of nitrogens with zero attached hydrogens (tertiary/aromatic N) is 2. The molecule has 1 atom stereocenters. The van der Waals surface area contributed by atoms with Crippen LogP contribution in [0.15, 0.2) is 0 Å². The highest BCUT2D eigenvalue weighted by atomic mass is 15.3. The van der Waals surface area contributed by atoms with Crippen molar-refractivity contribution in [2.24, 2.45) is 17.6 Å². The molecular formula is C14H27N3. The number of fused-ring (bicyclic) bond motifs is 3. The highest BCUT2D eigenvalue weighted by molar-refractivity contribution is 4.93. The maximum atomic E-state index is 5.67. The highest BCUT2D eigenvalue weighted by Gasteiger charge is 2.38. The van der Waals surface area contributed by atoms with E-state index in [0.29, 0.717) is 0 Å². The minimum absolute atomic E-state index is 0.879. The molecule has 3 heteroatoms. The fourth-order valence-corrected chi connectivity index (χ4v) is 4.16. The van der Waals surface area contributed by atoms with Gasteiger partial charge in [-0.05, 0) is 76.7 Å². The molecule has 0 radical (unpaired) electrons. The highest BCUT2D eigenvalue weighted by Crippen LogP contribution is 2.33. The van der Waals surface area contributed by atoms with E-state index in [-0.39, 0.29) is 0 Å². The molecule has 0 spiro atoms. The monoisotopic (exact) mass is 237 g/mol. The molecular weight excluding hydrogens is 210 g/mol. The SMILES string of the molecule is NCCC1CCN(C2CN3CCC2CC3)CC1. The average molecular weight is 237 g/mol. The van der Waals surface area contributed by atoms with Crippen molar-refractivity contribution in [3.05, 3.63) is 0 Å². The second-order valence-electron chi connectivity index (χ2n) is 6.26. The van der Waals surface area contributed by atoms with Gasteiger partial charge in [-0.2, -0.15) is 0 Å². The Labute approximate surface area is 105 Å². The number of hydrogen-bond donors (Lipinski definition) is 1. The van der Waals surface area contributed by atoms with E-state index < -0.39 is 0 Å². The molecule has 2 bridgehead atoms. The average Bonchev–Trinajstić information content (AvgIpc) is 2.41. The Morgan fingerprint density at radius 3 is 2.18 bits per heavy atom. The van der Waals surface area contributed by atoms with Gasteiger partial charge in [0.1, 0.15) is 0 Å². The summed E-state index contributed by atoms with van der Waals surface area (Å²) in [4.78, 5) is 5.47. The largest absolute Gasteiger partial charge is 0.330 e. The number of piperidine rings is 4. The van der Waals surface area contributed by atoms with Gasteiger partial charge in [-0.25, -0.2) is 0 Å². The van der Waals surface area contributed by atoms with Crippen molar-refractivity contribution >= 4 is 0 Å². The smallest absolute Gasteiger partial charge is 0.0252 e. The van der Waals surface area contributed by atoms with E-state index in [9.17, 15) is 0 Å².